The monoisotopic (exact) mass is 415 g/mol. The molecule has 4 nitrogen and oxygen atoms in total. The van der Waals surface area contributed by atoms with Gasteiger partial charge in [-0.05, 0) is 72.1 Å². The first-order valence-electron chi connectivity index (χ1n) is 8.31. The molecule has 0 bridgehead atoms. The molecule has 0 aliphatic carbocycles. The summed E-state index contributed by atoms with van der Waals surface area (Å²) in [5, 5.41) is 7.30. The molecule has 0 unspecified atom stereocenters. The molecular formula is C20H19BrFN3O. The lowest BCUT2D eigenvalue weighted by Gasteiger charge is -2.08. The maximum Gasteiger partial charge on any atom is 0.251 e. The second-order valence-electron chi connectivity index (χ2n) is 6.04. The molecule has 0 aliphatic rings. The van der Waals surface area contributed by atoms with Crippen molar-refractivity contribution in [3.05, 3.63) is 81.3 Å². The largest absolute Gasteiger partial charge is 0.352 e. The van der Waals surface area contributed by atoms with Gasteiger partial charge in [0, 0.05) is 12.1 Å². The number of aromatic nitrogens is 2. The summed E-state index contributed by atoms with van der Waals surface area (Å²) < 4.78 is 16.4. The molecule has 26 heavy (non-hydrogen) atoms. The van der Waals surface area contributed by atoms with E-state index in [1.165, 1.54) is 6.07 Å². The van der Waals surface area contributed by atoms with Crippen molar-refractivity contribution < 1.29 is 9.18 Å². The van der Waals surface area contributed by atoms with E-state index in [1.807, 2.05) is 30.7 Å². The molecule has 1 heterocycles. The van der Waals surface area contributed by atoms with Crippen LogP contribution in [0.25, 0.3) is 5.69 Å². The topological polar surface area (TPSA) is 46.9 Å². The zero-order chi connectivity index (χ0) is 18.7. The molecular weight excluding hydrogens is 397 g/mol. The Kier molecular flexibility index (Phi) is 5.52. The third-order valence-corrected chi connectivity index (χ3v) is 5.36. The predicted molar refractivity (Wildman–Crippen MR) is 103 cm³/mol. The van der Waals surface area contributed by atoms with Gasteiger partial charge in [-0.1, -0.05) is 18.2 Å². The smallest absolute Gasteiger partial charge is 0.251 e. The quantitative estimate of drug-likeness (QED) is 0.672. The maximum atomic E-state index is 13.6. The summed E-state index contributed by atoms with van der Waals surface area (Å²) in [7, 11) is 0. The lowest BCUT2D eigenvalue weighted by atomic mass is 10.1. The third-order valence-electron chi connectivity index (χ3n) is 4.21. The minimum Gasteiger partial charge on any atom is -0.352 e. The van der Waals surface area contributed by atoms with Crippen molar-refractivity contribution in [1.29, 1.82) is 0 Å². The van der Waals surface area contributed by atoms with Gasteiger partial charge in [-0.25, -0.2) is 9.07 Å². The molecule has 0 atom stereocenters. The Morgan fingerprint density at radius 2 is 1.85 bits per heavy atom. The average Bonchev–Trinajstić information content (AvgIpc) is 2.91. The molecule has 0 saturated carbocycles. The summed E-state index contributed by atoms with van der Waals surface area (Å²) in [6.45, 7) is 4.30. The molecule has 2 aromatic carbocycles. The van der Waals surface area contributed by atoms with Crippen LogP contribution in [0.4, 0.5) is 4.39 Å². The van der Waals surface area contributed by atoms with Gasteiger partial charge < -0.3 is 5.32 Å². The van der Waals surface area contributed by atoms with Crippen LogP contribution in [0, 0.1) is 19.7 Å². The second-order valence-corrected chi connectivity index (χ2v) is 6.83. The van der Waals surface area contributed by atoms with Crippen LogP contribution in [0.5, 0.6) is 0 Å². The van der Waals surface area contributed by atoms with E-state index in [4.69, 9.17) is 0 Å². The number of hydrogen-bond donors (Lipinski definition) is 1. The summed E-state index contributed by atoms with van der Waals surface area (Å²) in [5.41, 5.74) is 3.96. The standard InChI is InChI=1S/C20H19BrFN3O/c1-13-19(21)14(2)25(24-13)17-9-7-16(8-10-17)20(26)23-12-11-15-5-3-4-6-18(15)22/h3-10H,11-12H2,1-2H3,(H,23,26). The van der Waals surface area contributed by atoms with Crippen LogP contribution in [0.15, 0.2) is 53.0 Å². The first-order chi connectivity index (χ1) is 12.5. The van der Waals surface area contributed by atoms with Crippen LogP contribution in [0.1, 0.15) is 27.3 Å². The predicted octanol–water partition coefficient (Wildman–Crippen LogP) is 4.36. The summed E-state index contributed by atoms with van der Waals surface area (Å²) in [6.07, 6.45) is 0.455. The lowest BCUT2D eigenvalue weighted by Crippen LogP contribution is -2.25. The van der Waals surface area contributed by atoms with Gasteiger partial charge in [0.05, 0.1) is 21.5 Å². The number of aryl methyl sites for hydroxylation is 1. The molecule has 1 amide bonds. The zero-order valence-corrected chi connectivity index (χ0v) is 16.2. The van der Waals surface area contributed by atoms with E-state index in [9.17, 15) is 9.18 Å². The zero-order valence-electron chi connectivity index (χ0n) is 14.6. The SMILES string of the molecule is Cc1nn(-c2ccc(C(=O)NCCc3ccccc3F)cc2)c(C)c1Br. The molecule has 0 fully saturated rings. The Hall–Kier alpha value is -2.47. The van der Waals surface area contributed by atoms with Gasteiger partial charge in [-0.2, -0.15) is 5.10 Å². The van der Waals surface area contributed by atoms with Crippen molar-refractivity contribution in [2.75, 3.05) is 6.54 Å². The van der Waals surface area contributed by atoms with Gasteiger partial charge in [0.1, 0.15) is 5.82 Å². The Balaban J connectivity index is 1.64. The Bertz CT molecular complexity index is 935. The summed E-state index contributed by atoms with van der Waals surface area (Å²) >= 11 is 3.51. The van der Waals surface area contributed by atoms with Gasteiger partial charge >= 0.3 is 0 Å². The normalized spacial score (nSPS) is 10.8. The highest BCUT2D eigenvalue weighted by atomic mass is 79.9. The van der Waals surface area contributed by atoms with Gasteiger partial charge in [-0.15, -0.1) is 0 Å². The van der Waals surface area contributed by atoms with Crippen LogP contribution in [0.3, 0.4) is 0 Å². The van der Waals surface area contributed by atoms with Crippen molar-refractivity contribution >= 4 is 21.8 Å². The van der Waals surface area contributed by atoms with Gasteiger partial charge in [0.2, 0.25) is 0 Å². The van der Waals surface area contributed by atoms with Gasteiger partial charge in [-0.3, -0.25) is 4.79 Å². The number of nitrogens with one attached hydrogen (secondary N) is 1. The molecule has 3 aromatic rings. The molecule has 1 aromatic heterocycles. The lowest BCUT2D eigenvalue weighted by molar-refractivity contribution is 0.0954. The number of rotatable bonds is 5. The minimum atomic E-state index is -0.248. The van der Waals surface area contributed by atoms with Crippen LogP contribution >= 0.6 is 15.9 Å². The van der Waals surface area contributed by atoms with Crippen LogP contribution < -0.4 is 5.32 Å². The van der Waals surface area contributed by atoms with Crippen molar-refractivity contribution in [1.82, 2.24) is 15.1 Å². The molecule has 1 N–H and O–H groups in total. The molecule has 6 heteroatoms. The van der Waals surface area contributed by atoms with Crippen LogP contribution in [0.2, 0.25) is 0 Å². The fourth-order valence-electron chi connectivity index (χ4n) is 2.74. The highest BCUT2D eigenvalue weighted by Crippen LogP contribution is 2.23. The van der Waals surface area contributed by atoms with E-state index >= 15 is 0 Å². The molecule has 0 saturated heterocycles. The molecule has 0 aliphatic heterocycles. The average molecular weight is 416 g/mol. The maximum absolute atomic E-state index is 13.6. The number of amides is 1. The second kappa shape index (κ2) is 7.83. The molecule has 0 spiro atoms. The Morgan fingerprint density at radius 1 is 1.15 bits per heavy atom. The highest BCUT2D eigenvalue weighted by Gasteiger charge is 2.11. The number of halogens is 2. The van der Waals surface area contributed by atoms with Crippen molar-refractivity contribution in [3.8, 4) is 5.69 Å². The van der Waals surface area contributed by atoms with Crippen molar-refractivity contribution in [2.24, 2.45) is 0 Å². The van der Waals surface area contributed by atoms with E-state index in [1.54, 1.807) is 30.3 Å². The van der Waals surface area contributed by atoms with E-state index in [-0.39, 0.29) is 11.7 Å². The van der Waals surface area contributed by atoms with Crippen LogP contribution in [-0.2, 0) is 6.42 Å². The molecule has 3 rings (SSSR count). The van der Waals surface area contributed by atoms with Gasteiger partial charge in [0.15, 0.2) is 0 Å². The first-order valence-corrected chi connectivity index (χ1v) is 9.10. The Labute approximate surface area is 160 Å². The number of nitrogens with zero attached hydrogens (tertiary/aromatic N) is 2. The number of benzene rings is 2. The Morgan fingerprint density at radius 3 is 2.46 bits per heavy atom. The summed E-state index contributed by atoms with van der Waals surface area (Å²) in [5.74, 6) is -0.426. The fraction of sp³-hybridized carbons (Fsp3) is 0.200. The number of carbonyl (C=O) groups is 1. The number of carbonyl (C=O) groups excluding carboxylic acids is 1. The van der Waals surface area contributed by atoms with E-state index in [0.29, 0.717) is 24.1 Å². The first kappa shape index (κ1) is 18.3. The third kappa shape index (κ3) is 3.85. The summed E-state index contributed by atoms with van der Waals surface area (Å²) in [6, 6.07) is 13.8. The fourth-order valence-corrected chi connectivity index (χ4v) is 2.99. The van der Waals surface area contributed by atoms with Gasteiger partial charge in [0.25, 0.3) is 5.91 Å². The summed E-state index contributed by atoms with van der Waals surface area (Å²) in [4.78, 5) is 12.3. The highest BCUT2D eigenvalue weighted by molar-refractivity contribution is 9.10. The van der Waals surface area contributed by atoms with E-state index < -0.39 is 0 Å². The van der Waals surface area contributed by atoms with Crippen LogP contribution in [-0.4, -0.2) is 22.2 Å². The molecule has 0 radical (unpaired) electrons. The number of hydrogen-bond acceptors (Lipinski definition) is 2. The molecule has 134 valence electrons. The van der Waals surface area contributed by atoms with Crippen molar-refractivity contribution in [3.63, 3.8) is 0 Å². The minimum absolute atomic E-state index is 0.178. The van der Waals surface area contributed by atoms with E-state index in [0.717, 1.165) is 21.5 Å². The van der Waals surface area contributed by atoms with Crippen molar-refractivity contribution in [2.45, 2.75) is 20.3 Å². The van der Waals surface area contributed by atoms with E-state index in [2.05, 4.69) is 26.3 Å².